The van der Waals surface area contributed by atoms with E-state index in [1.54, 1.807) is 18.2 Å². The molecule has 1 aliphatic rings. The Morgan fingerprint density at radius 2 is 2.09 bits per heavy atom. The third kappa shape index (κ3) is 2.91. The molecule has 2 heterocycles. The molecule has 1 aromatic heterocycles. The second-order valence-electron chi connectivity index (χ2n) is 5.06. The molecule has 8 nitrogen and oxygen atoms in total. The molecule has 0 bridgehead atoms. The largest absolute Gasteiger partial charge is 0.496 e. The Hall–Kier alpha value is -1.71. The quantitative estimate of drug-likeness (QED) is 0.737. The van der Waals surface area contributed by atoms with Crippen molar-refractivity contribution in [3.63, 3.8) is 0 Å². The van der Waals surface area contributed by atoms with Crippen LogP contribution in [0.25, 0.3) is 11.4 Å². The molecular formula is C14H15ClN2O6. The fourth-order valence-electron chi connectivity index (χ4n) is 2.42. The fourth-order valence-corrected chi connectivity index (χ4v) is 2.59. The lowest BCUT2D eigenvalue weighted by Crippen LogP contribution is -2.32. The lowest BCUT2D eigenvalue weighted by atomic mass is 10.1. The Morgan fingerprint density at radius 1 is 1.30 bits per heavy atom. The first-order valence-corrected chi connectivity index (χ1v) is 7.23. The zero-order chi connectivity index (χ0) is 16.6. The standard InChI is InChI=1S/C14H15ClN2O6/c1-21-8-3-2-6(15)4-7(8)13-16-14(23-17-13)12-11(20)10(19)9(5-18)22-12/h2-4,9-12,18-20H,5H2,1H3/t9-,10-,11-,12-/m1/s1. The van der Waals surface area contributed by atoms with Crippen molar-refractivity contribution >= 4 is 11.6 Å². The maximum atomic E-state index is 9.98. The summed E-state index contributed by atoms with van der Waals surface area (Å²) in [4.78, 5) is 4.17. The maximum Gasteiger partial charge on any atom is 0.258 e. The highest BCUT2D eigenvalue weighted by atomic mass is 35.5. The summed E-state index contributed by atoms with van der Waals surface area (Å²) in [6.07, 6.45) is -4.44. The number of nitrogens with zero attached hydrogens (tertiary/aromatic N) is 2. The number of rotatable bonds is 4. The third-order valence-corrected chi connectivity index (χ3v) is 3.87. The Kier molecular flexibility index (Phi) is 4.51. The molecule has 1 saturated heterocycles. The van der Waals surface area contributed by atoms with Gasteiger partial charge in [-0.2, -0.15) is 4.98 Å². The van der Waals surface area contributed by atoms with E-state index in [9.17, 15) is 10.2 Å². The summed E-state index contributed by atoms with van der Waals surface area (Å²) < 4.78 is 15.7. The molecular weight excluding hydrogens is 328 g/mol. The van der Waals surface area contributed by atoms with E-state index in [1.165, 1.54) is 7.11 Å². The summed E-state index contributed by atoms with van der Waals surface area (Å²) in [5.74, 6) is 0.699. The number of hydrogen-bond donors (Lipinski definition) is 3. The van der Waals surface area contributed by atoms with Gasteiger partial charge in [0.2, 0.25) is 5.82 Å². The molecule has 0 unspecified atom stereocenters. The predicted octanol–water partition coefficient (Wildman–Crippen LogP) is 0.553. The molecule has 2 aromatic rings. The molecule has 4 atom stereocenters. The first-order chi connectivity index (χ1) is 11.0. The van der Waals surface area contributed by atoms with Gasteiger partial charge in [-0.15, -0.1) is 0 Å². The van der Waals surface area contributed by atoms with Gasteiger partial charge in [0.25, 0.3) is 5.89 Å². The zero-order valence-electron chi connectivity index (χ0n) is 12.1. The molecule has 3 N–H and O–H groups in total. The number of ether oxygens (including phenoxy) is 2. The van der Waals surface area contributed by atoms with E-state index < -0.39 is 31.0 Å². The van der Waals surface area contributed by atoms with Gasteiger partial charge in [-0.25, -0.2) is 0 Å². The number of aliphatic hydroxyl groups excluding tert-OH is 3. The van der Waals surface area contributed by atoms with Gasteiger partial charge in [-0.1, -0.05) is 16.8 Å². The SMILES string of the molecule is COc1ccc(Cl)cc1-c1noc([C@@H]2O[C@H](CO)[C@@H](O)[C@H]2O)n1. The minimum Gasteiger partial charge on any atom is -0.496 e. The molecule has 0 spiro atoms. The van der Waals surface area contributed by atoms with Gasteiger partial charge in [-0.3, -0.25) is 0 Å². The van der Waals surface area contributed by atoms with Crippen LogP contribution in [0.2, 0.25) is 5.02 Å². The van der Waals surface area contributed by atoms with Crippen molar-refractivity contribution < 1.29 is 29.3 Å². The molecule has 1 fully saturated rings. The van der Waals surface area contributed by atoms with Gasteiger partial charge in [0.1, 0.15) is 24.1 Å². The van der Waals surface area contributed by atoms with E-state index in [-0.39, 0.29) is 11.7 Å². The van der Waals surface area contributed by atoms with Crippen LogP contribution >= 0.6 is 11.6 Å². The molecule has 124 valence electrons. The summed E-state index contributed by atoms with van der Waals surface area (Å²) in [6.45, 7) is -0.433. The Morgan fingerprint density at radius 3 is 2.74 bits per heavy atom. The Bertz CT molecular complexity index is 694. The van der Waals surface area contributed by atoms with Crippen LogP contribution in [0.5, 0.6) is 5.75 Å². The Labute approximate surface area is 136 Å². The summed E-state index contributed by atoms with van der Waals surface area (Å²) in [5, 5.41) is 33.2. The molecule has 3 rings (SSSR count). The van der Waals surface area contributed by atoms with E-state index in [1.807, 2.05) is 0 Å². The number of halogens is 1. The monoisotopic (exact) mass is 342 g/mol. The van der Waals surface area contributed by atoms with E-state index >= 15 is 0 Å². The number of hydrogen-bond acceptors (Lipinski definition) is 8. The smallest absolute Gasteiger partial charge is 0.258 e. The average molecular weight is 343 g/mol. The minimum atomic E-state index is -1.28. The maximum absolute atomic E-state index is 9.98. The predicted molar refractivity (Wildman–Crippen MR) is 78.0 cm³/mol. The first kappa shape index (κ1) is 16.2. The first-order valence-electron chi connectivity index (χ1n) is 6.85. The molecule has 0 saturated carbocycles. The van der Waals surface area contributed by atoms with Crippen molar-refractivity contribution in [1.82, 2.24) is 10.1 Å². The molecule has 23 heavy (non-hydrogen) atoms. The van der Waals surface area contributed by atoms with Crippen LogP contribution in [0.1, 0.15) is 12.0 Å². The summed E-state index contributed by atoms with van der Waals surface area (Å²) in [6, 6.07) is 4.95. The normalized spacial score (nSPS) is 27.3. The summed E-state index contributed by atoms with van der Waals surface area (Å²) >= 11 is 5.97. The highest BCUT2D eigenvalue weighted by Gasteiger charge is 2.45. The van der Waals surface area contributed by atoms with Crippen LogP contribution in [-0.4, -0.2) is 57.5 Å². The topological polar surface area (TPSA) is 118 Å². The zero-order valence-corrected chi connectivity index (χ0v) is 12.8. The van der Waals surface area contributed by atoms with Crippen LogP contribution in [0.15, 0.2) is 22.7 Å². The molecule has 0 amide bonds. The second kappa shape index (κ2) is 6.42. The van der Waals surface area contributed by atoms with E-state index in [2.05, 4.69) is 10.1 Å². The second-order valence-corrected chi connectivity index (χ2v) is 5.50. The molecule has 1 aliphatic heterocycles. The van der Waals surface area contributed by atoms with Crippen molar-refractivity contribution in [2.75, 3.05) is 13.7 Å². The summed E-state index contributed by atoms with van der Waals surface area (Å²) in [5.41, 5.74) is 0.516. The van der Waals surface area contributed by atoms with Crippen LogP contribution < -0.4 is 4.74 Å². The van der Waals surface area contributed by atoms with Crippen molar-refractivity contribution in [2.24, 2.45) is 0 Å². The van der Waals surface area contributed by atoms with Gasteiger partial charge in [0.05, 0.1) is 19.3 Å². The van der Waals surface area contributed by atoms with Crippen LogP contribution in [0.4, 0.5) is 0 Å². The van der Waals surface area contributed by atoms with Gasteiger partial charge in [0, 0.05) is 5.02 Å². The third-order valence-electron chi connectivity index (χ3n) is 3.63. The van der Waals surface area contributed by atoms with E-state index in [0.29, 0.717) is 16.3 Å². The van der Waals surface area contributed by atoms with Gasteiger partial charge in [-0.05, 0) is 18.2 Å². The van der Waals surface area contributed by atoms with Crippen molar-refractivity contribution in [3.05, 3.63) is 29.1 Å². The van der Waals surface area contributed by atoms with Gasteiger partial charge < -0.3 is 29.3 Å². The van der Waals surface area contributed by atoms with Gasteiger partial charge >= 0.3 is 0 Å². The molecule has 0 radical (unpaired) electrons. The van der Waals surface area contributed by atoms with Crippen LogP contribution in [0.3, 0.4) is 0 Å². The van der Waals surface area contributed by atoms with Crippen molar-refractivity contribution in [3.8, 4) is 17.1 Å². The molecule has 9 heteroatoms. The van der Waals surface area contributed by atoms with Crippen LogP contribution in [0, 0.1) is 0 Å². The van der Waals surface area contributed by atoms with Crippen molar-refractivity contribution in [1.29, 1.82) is 0 Å². The number of methoxy groups -OCH3 is 1. The fraction of sp³-hybridized carbons (Fsp3) is 0.429. The van der Waals surface area contributed by atoms with Crippen LogP contribution in [-0.2, 0) is 4.74 Å². The van der Waals surface area contributed by atoms with Gasteiger partial charge in [0.15, 0.2) is 6.10 Å². The average Bonchev–Trinajstić information content (AvgIpc) is 3.14. The lowest BCUT2D eigenvalue weighted by molar-refractivity contribution is -0.0325. The number of aromatic nitrogens is 2. The summed E-state index contributed by atoms with van der Waals surface area (Å²) in [7, 11) is 1.50. The Balaban J connectivity index is 1.91. The highest BCUT2D eigenvalue weighted by molar-refractivity contribution is 6.30. The lowest BCUT2D eigenvalue weighted by Gasteiger charge is -2.10. The highest BCUT2D eigenvalue weighted by Crippen LogP contribution is 2.35. The van der Waals surface area contributed by atoms with E-state index in [4.69, 9.17) is 30.7 Å². The minimum absolute atomic E-state index is 0.00970. The molecule has 0 aliphatic carbocycles. The van der Waals surface area contributed by atoms with E-state index in [0.717, 1.165) is 0 Å². The number of aliphatic hydroxyl groups is 3. The van der Waals surface area contributed by atoms with Crippen molar-refractivity contribution in [2.45, 2.75) is 24.4 Å². The molecule has 1 aromatic carbocycles. The number of benzene rings is 1.